The molecule has 1 N–H and O–H groups in total. The molecule has 4 heterocycles. The van der Waals surface area contributed by atoms with Gasteiger partial charge in [0.25, 0.3) is 5.78 Å². The third-order valence-corrected chi connectivity index (χ3v) is 4.76. The summed E-state index contributed by atoms with van der Waals surface area (Å²) in [6, 6.07) is 14.3. The maximum Gasteiger partial charge on any atom is 0.252 e. The Labute approximate surface area is 155 Å². The standard InChI is InChI=1S/C21H18N6/c1-2-8-18-17(7-1)15(14-24-18)5-3-9-20-25-21-23-12-10-19(27(21)26-20)16-6-4-11-22-13-16/h1-2,4,6-8,10-14,24H,3,5,9H2. The van der Waals surface area contributed by atoms with Crippen LogP contribution < -0.4 is 0 Å². The van der Waals surface area contributed by atoms with Gasteiger partial charge in [-0.15, -0.1) is 5.10 Å². The molecule has 0 spiro atoms. The lowest BCUT2D eigenvalue weighted by molar-refractivity contribution is 0.768. The first-order valence-electron chi connectivity index (χ1n) is 9.04. The lowest BCUT2D eigenvalue weighted by Crippen LogP contribution is -1.97. The molecule has 0 radical (unpaired) electrons. The number of para-hydroxylation sites is 1. The van der Waals surface area contributed by atoms with Crippen LogP contribution in [0.15, 0.2) is 67.3 Å². The first-order valence-corrected chi connectivity index (χ1v) is 9.04. The predicted molar refractivity (Wildman–Crippen MR) is 104 cm³/mol. The highest BCUT2D eigenvalue weighted by atomic mass is 15.3. The van der Waals surface area contributed by atoms with E-state index in [1.165, 1.54) is 16.5 Å². The molecule has 0 aliphatic heterocycles. The lowest BCUT2D eigenvalue weighted by Gasteiger charge is -2.02. The van der Waals surface area contributed by atoms with Gasteiger partial charge in [0.05, 0.1) is 5.69 Å². The minimum absolute atomic E-state index is 0.624. The topological polar surface area (TPSA) is 71.8 Å². The zero-order valence-electron chi connectivity index (χ0n) is 14.7. The number of rotatable bonds is 5. The van der Waals surface area contributed by atoms with Crippen LogP contribution in [-0.2, 0) is 12.8 Å². The average molecular weight is 354 g/mol. The first-order chi connectivity index (χ1) is 13.4. The molecule has 6 nitrogen and oxygen atoms in total. The van der Waals surface area contributed by atoms with E-state index in [1.807, 2.05) is 24.4 Å². The number of hydrogen-bond acceptors (Lipinski definition) is 4. The van der Waals surface area contributed by atoms with Crippen LogP contribution in [-0.4, -0.2) is 29.5 Å². The molecule has 0 unspecified atom stereocenters. The van der Waals surface area contributed by atoms with Crippen LogP contribution in [0.25, 0.3) is 27.9 Å². The second-order valence-corrected chi connectivity index (χ2v) is 6.52. The van der Waals surface area contributed by atoms with Crippen LogP contribution in [0.2, 0.25) is 0 Å². The van der Waals surface area contributed by atoms with Gasteiger partial charge in [-0.3, -0.25) is 4.98 Å². The van der Waals surface area contributed by atoms with Crippen molar-refractivity contribution in [2.24, 2.45) is 0 Å². The normalized spacial score (nSPS) is 11.4. The summed E-state index contributed by atoms with van der Waals surface area (Å²) >= 11 is 0. The van der Waals surface area contributed by atoms with Gasteiger partial charge in [0.1, 0.15) is 0 Å². The molecule has 4 aromatic heterocycles. The highest BCUT2D eigenvalue weighted by Gasteiger charge is 2.10. The fourth-order valence-electron chi connectivity index (χ4n) is 3.45. The third kappa shape index (κ3) is 2.95. The quantitative estimate of drug-likeness (QED) is 0.520. The van der Waals surface area contributed by atoms with Crippen LogP contribution in [0.1, 0.15) is 17.8 Å². The summed E-state index contributed by atoms with van der Waals surface area (Å²) in [5.74, 6) is 1.44. The molecule has 0 saturated carbocycles. The number of H-pyrrole nitrogens is 1. The Balaban J connectivity index is 1.37. The SMILES string of the molecule is c1cncc(-c2ccnc3nc(CCCc4c[nH]c5ccccc45)nn23)c1. The number of pyridine rings is 1. The van der Waals surface area contributed by atoms with Crippen LogP contribution in [0.5, 0.6) is 0 Å². The molecule has 0 saturated heterocycles. The molecule has 0 fully saturated rings. The summed E-state index contributed by atoms with van der Waals surface area (Å²) in [5, 5.41) is 5.97. The summed E-state index contributed by atoms with van der Waals surface area (Å²) < 4.78 is 1.80. The second kappa shape index (κ2) is 6.64. The molecule has 0 atom stereocenters. The van der Waals surface area contributed by atoms with Crippen molar-refractivity contribution in [1.29, 1.82) is 0 Å². The van der Waals surface area contributed by atoms with Gasteiger partial charge in [0.15, 0.2) is 5.82 Å². The maximum absolute atomic E-state index is 4.68. The fraction of sp³-hybridized carbons (Fsp3) is 0.143. The minimum Gasteiger partial charge on any atom is -0.361 e. The Morgan fingerprint density at radius 2 is 1.93 bits per heavy atom. The van der Waals surface area contributed by atoms with Crippen molar-refractivity contribution < 1.29 is 0 Å². The van der Waals surface area contributed by atoms with E-state index in [4.69, 9.17) is 0 Å². The summed E-state index contributed by atoms with van der Waals surface area (Å²) in [6.07, 6.45) is 10.2. The highest BCUT2D eigenvalue weighted by molar-refractivity contribution is 5.83. The number of aryl methyl sites for hydroxylation is 2. The number of nitrogens with zero attached hydrogens (tertiary/aromatic N) is 5. The van der Waals surface area contributed by atoms with Crippen LogP contribution in [0.4, 0.5) is 0 Å². The van der Waals surface area contributed by atoms with Gasteiger partial charge in [0, 0.05) is 47.7 Å². The zero-order chi connectivity index (χ0) is 18.1. The number of nitrogens with one attached hydrogen (secondary N) is 1. The molecule has 5 rings (SSSR count). The Bertz CT molecular complexity index is 1210. The Morgan fingerprint density at radius 3 is 2.85 bits per heavy atom. The predicted octanol–water partition coefficient (Wildman–Crippen LogP) is 3.84. The molecule has 0 amide bonds. The molecule has 1 aromatic carbocycles. The summed E-state index contributed by atoms with van der Waals surface area (Å²) in [6.45, 7) is 0. The monoisotopic (exact) mass is 354 g/mol. The zero-order valence-corrected chi connectivity index (χ0v) is 14.7. The largest absolute Gasteiger partial charge is 0.361 e. The van der Waals surface area contributed by atoms with Gasteiger partial charge in [-0.1, -0.05) is 18.2 Å². The van der Waals surface area contributed by atoms with Crippen molar-refractivity contribution in [3.63, 3.8) is 0 Å². The Morgan fingerprint density at radius 1 is 0.963 bits per heavy atom. The van der Waals surface area contributed by atoms with E-state index in [0.717, 1.165) is 36.3 Å². The molecule has 132 valence electrons. The third-order valence-electron chi connectivity index (χ3n) is 4.76. The molecular formula is C21H18N6. The van der Waals surface area contributed by atoms with Gasteiger partial charge in [-0.2, -0.15) is 9.50 Å². The minimum atomic E-state index is 0.624. The van der Waals surface area contributed by atoms with Gasteiger partial charge < -0.3 is 4.98 Å². The van der Waals surface area contributed by atoms with E-state index < -0.39 is 0 Å². The molecule has 6 heteroatoms. The maximum atomic E-state index is 4.68. The molecular weight excluding hydrogens is 336 g/mol. The smallest absolute Gasteiger partial charge is 0.252 e. The molecule has 0 bridgehead atoms. The average Bonchev–Trinajstić information content (AvgIpc) is 3.32. The molecule has 27 heavy (non-hydrogen) atoms. The van der Waals surface area contributed by atoms with Gasteiger partial charge in [-0.05, 0) is 42.7 Å². The van der Waals surface area contributed by atoms with Crippen LogP contribution in [0.3, 0.4) is 0 Å². The van der Waals surface area contributed by atoms with Crippen molar-refractivity contribution in [1.82, 2.24) is 29.5 Å². The van der Waals surface area contributed by atoms with E-state index in [-0.39, 0.29) is 0 Å². The van der Waals surface area contributed by atoms with Gasteiger partial charge in [0.2, 0.25) is 0 Å². The second-order valence-electron chi connectivity index (χ2n) is 6.52. The number of fused-ring (bicyclic) bond motifs is 2. The van der Waals surface area contributed by atoms with Crippen LogP contribution >= 0.6 is 0 Å². The van der Waals surface area contributed by atoms with E-state index in [2.05, 4.69) is 55.5 Å². The van der Waals surface area contributed by atoms with Gasteiger partial charge in [-0.25, -0.2) is 4.98 Å². The van der Waals surface area contributed by atoms with Crippen molar-refractivity contribution in [2.45, 2.75) is 19.3 Å². The first kappa shape index (κ1) is 15.7. The number of hydrogen-bond donors (Lipinski definition) is 1. The van der Waals surface area contributed by atoms with Gasteiger partial charge >= 0.3 is 0 Å². The number of aromatic amines is 1. The summed E-state index contributed by atoms with van der Waals surface area (Å²) in [7, 11) is 0. The lowest BCUT2D eigenvalue weighted by atomic mass is 10.1. The Hall–Kier alpha value is -3.54. The van der Waals surface area contributed by atoms with Crippen molar-refractivity contribution in [3.05, 3.63) is 78.6 Å². The summed E-state index contributed by atoms with van der Waals surface area (Å²) in [4.78, 5) is 16.5. The fourth-order valence-corrected chi connectivity index (χ4v) is 3.45. The summed E-state index contributed by atoms with van der Waals surface area (Å²) in [5.41, 5.74) is 4.47. The number of benzene rings is 1. The molecule has 0 aliphatic rings. The van der Waals surface area contributed by atoms with Crippen molar-refractivity contribution in [3.8, 4) is 11.3 Å². The van der Waals surface area contributed by atoms with Crippen molar-refractivity contribution >= 4 is 16.7 Å². The van der Waals surface area contributed by atoms with Crippen molar-refractivity contribution in [2.75, 3.05) is 0 Å². The molecule has 0 aliphatic carbocycles. The van der Waals surface area contributed by atoms with E-state index in [9.17, 15) is 0 Å². The van der Waals surface area contributed by atoms with E-state index >= 15 is 0 Å². The Kier molecular flexibility index (Phi) is 3.86. The molecule has 5 aromatic rings. The van der Waals surface area contributed by atoms with E-state index in [0.29, 0.717) is 5.78 Å². The van der Waals surface area contributed by atoms with E-state index in [1.54, 1.807) is 16.9 Å². The highest BCUT2D eigenvalue weighted by Crippen LogP contribution is 2.20. The van der Waals surface area contributed by atoms with Crippen LogP contribution in [0, 0.1) is 0 Å². The number of aromatic nitrogens is 6.